The average molecular weight is 454 g/mol. The molecule has 0 saturated carbocycles. The summed E-state index contributed by atoms with van der Waals surface area (Å²) in [6, 6.07) is 9.25. The van der Waals surface area contributed by atoms with Crippen LogP contribution in [-0.4, -0.2) is 28.6 Å². The summed E-state index contributed by atoms with van der Waals surface area (Å²) in [4.78, 5) is 32.8. The molecule has 3 aromatic rings. The number of carbonyl (C=O) groups excluding carboxylic acids is 1. The minimum Gasteiger partial charge on any atom is -0.490 e. The van der Waals surface area contributed by atoms with Crippen LogP contribution in [0.25, 0.3) is 0 Å². The molecule has 2 aromatic carbocycles. The van der Waals surface area contributed by atoms with Crippen LogP contribution in [0.3, 0.4) is 0 Å². The second-order valence-corrected chi connectivity index (χ2v) is 6.50. The maximum atomic E-state index is 12.1. The fourth-order valence-corrected chi connectivity index (χ4v) is 2.77. The van der Waals surface area contributed by atoms with E-state index in [1.165, 1.54) is 24.6 Å². The van der Waals surface area contributed by atoms with Crippen molar-refractivity contribution >= 4 is 23.5 Å². The van der Waals surface area contributed by atoms with Crippen LogP contribution in [0.1, 0.15) is 28.6 Å². The van der Waals surface area contributed by atoms with Gasteiger partial charge in [-0.1, -0.05) is 0 Å². The Labute approximate surface area is 186 Å². The number of hydrazone groups is 1. The highest BCUT2D eigenvalue weighted by Gasteiger charge is 2.22. The normalized spacial score (nSPS) is 10.7. The number of nitrogens with one attached hydrogen (secondary N) is 1. The summed E-state index contributed by atoms with van der Waals surface area (Å²) < 4.78 is 16.3. The van der Waals surface area contributed by atoms with Gasteiger partial charge in [0.2, 0.25) is 5.75 Å². The van der Waals surface area contributed by atoms with Gasteiger partial charge in [-0.2, -0.15) is 5.10 Å². The number of aryl methyl sites for hydroxylation is 1. The summed E-state index contributed by atoms with van der Waals surface area (Å²) in [6.07, 6.45) is 2.78. The zero-order valence-corrected chi connectivity index (χ0v) is 17.5. The van der Waals surface area contributed by atoms with E-state index in [0.29, 0.717) is 16.9 Å². The van der Waals surface area contributed by atoms with Gasteiger partial charge in [0.1, 0.15) is 5.76 Å². The molecule has 3 rings (SSSR count). The first kappa shape index (κ1) is 22.9. The van der Waals surface area contributed by atoms with Crippen LogP contribution in [0.5, 0.6) is 17.2 Å². The maximum absolute atomic E-state index is 12.1. The van der Waals surface area contributed by atoms with E-state index in [9.17, 15) is 25.0 Å². The summed E-state index contributed by atoms with van der Waals surface area (Å²) in [7, 11) is 0. The smallest absolute Gasteiger partial charge is 0.318 e. The van der Waals surface area contributed by atoms with Crippen molar-refractivity contribution in [2.45, 2.75) is 13.8 Å². The number of furan rings is 1. The van der Waals surface area contributed by atoms with Gasteiger partial charge in [-0.25, -0.2) is 5.43 Å². The van der Waals surface area contributed by atoms with Gasteiger partial charge in [0.25, 0.3) is 11.6 Å². The molecule has 1 N–H and O–H groups in total. The van der Waals surface area contributed by atoms with Gasteiger partial charge in [-0.15, -0.1) is 0 Å². The van der Waals surface area contributed by atoms with Crippen molar-refractivity contribution in [3.8, 4) is 17.2 Å². The van der Waals surface area contributed by atoms with Gasteiger partial charge in [0.15, 0.2) is 11.5 Å². The predicted octanol–water partition coefficient (Wildman–Crippen LogP) is 4.36. The molecule has 0 aliphatic rings. The Morgan fingerprint density at radius 2 is 1.85 bits per heavy atom. The van der Waals surface area contributed by atoms with Crippen molar-refractivity contribution < 1.29 is 28.5 Å². The van der Waals surface area contributed by atoms with E-state index in [2.05, 4.69) is 10.5 Å². The van der Waals surface area contributed by atoms with E-state index < -0.39 is 27.1 Å². The zero-order valence-electron chi connectivity index (χ0n) is 17.5. The van der Waals surface area contributed by atoms with Gasteiger partial charge < -0.3 is 13.9 Å². The van der Waals surface area contributed by atoms with Gasteiger partial charge in [0, 0.05) is 6.07 Å². The molecule has 0 aliphatic heterocycles. The molecular formula is C21H18N4O8. The molecule has 0 unspecified atom stereocenters. The lowest BCUT2D eigenvalue weighted by atomic mass is 10.2. The topological polar surface area (TPSA) is 159 Å². The molecule has 0 saturated heterocycles. The molecule has 0 radical (unpaired) electrons. The molecular weight excluding hydrogens is 436 g/mol. The average Bonchev–Trinajstić information content (AvgIpc) is 3.21. The minimum atomic E-state index is -0.770. The van der Waals surface area contributed by atoms with Crippen molar-refractivity contribution in [2.24, 2.45) is 5.10 Å². The van der Waals surface area contributed by atoms with E-state index in [1.807, 2.05) is 0 Å². The zero-order chi connectivity index (χ0) is 24.0. The quantitative estimate of drug-likeness (QED) is 0.283. The molecule has 0 aliphatic carbocycles. The van der Waals surface area contributed by atoms with Crippen LogP contribution in [0.15, 0.2) is 58.2 Å². The van der Waals surface area contributed by atoms with E-state index in [4.69, 9.17) is 13.9 Å². The monoisotopic (exact) mass is 454 g/mol. The Morgan fingerprint density at radius 3 is 2.48 bits per heavy atom. The second-order valence-electron chi connectivity index (χ2n) is 6.50. The highest BCUT2D eigenvalue weighted by molar-refractivity contribution is 5.95. The Kier molecular flexibility index (Phi) is 6.98. The Hall–Kier alpha value is -4.74. The van der Waals surface area contributed by atoms with E-state index in [0.717, 1.165) is 18.2 Å². The van der Waals surface area contributed by atoms with Crippen molar-refractivity contribution in [3.63, 3.8) is 0 Å². The van der Waals surface area contributed by atoms with E-state index in [1.54, 1.807) is 26.0 Å². The minimum absolute atomic E-state index is 0.156. The molecule has 0 fully saturated rings. The lowest BCUT2D eigenvalue weighted by Crippen LogP contribution is -2.17. The number of amides is 1. The molecule has 170 valence electrons. The standard InChI is InChI=1S/C21H18N4O8/c1-3-31-20-10-14(12-22-23-21(26)16-8-9-32-13(16)2)4-6-19(20)33-18-7-5-15(24(27)28)11-17(18)25(29)30/h4-12H,3H2,1-2H3,(H,23,26). The highest BCUT2D eigenvalue weighted by atomic mass is 16.6. The first-order valence-electron chi connectivity index (χ1n) is 9.55. The third-order valence-electron chi connectivity index (χ3n) is 4.32. The predicted molar refractivity (Wildman–Crippen MR) is 116 cm³/mol. The third kappa shape index (κ3) is 5.50. The number of nitro groups is 2. The molecule has 12 nitrogen and oxygen atoms in total. The molecule has 1 heterocycles. The fourth-order valence-electron chi connectivity index (χ4n) is 2.77. The SMILES string of the molecule is CCOc1cc(C=NNC(=O)c2ccoc2C)ccc1Oc1ccc([N+](=O)[O-])cc1[N+](=O)[O-]. The molecule has 1 amide bonds. The number of nitrogens with zero attached hydrogens (tertiary/aromatic N) is 3. The van der Waals surface area contributed by atoms with Gasteiger partial charge in [-0.3, -0.25) is 25.0 Å². The van der Waals surface area contributed by atoms with Crippen molar-refractivity contribution in [1.82, 2.24) is 5.43 Å². The van der Waals surface area contributed by atoms with Crippen LogP contribution < -0.4 is 14.9 Å². The summed E-state index contributed by atoms with van der Waals surface area (Å²) in [5.41, 5.74) is 2.30. The number of rotatable bonds is 9. The number of non-ortho nitro benzene ring substituents is 1. The van der Waals surface area contributed by atoms with Crippen LogP contribution in [-0.2, 0) is 0 Å². The van der Waals surface area contributed by atoms with Gasteiger partial charge in [0.05, 0.1) is 40.6 Å². The van der Waals surface area contributed by atoms with Gasteiger partial charge >= 0.3 is 5.69 Å². The number of hydrogen-bond donors (Lipinski definition) is 1. The molecule has 1 aromatic heterocycles. The van der Waals surface area contributed by atoms with E-state index >= 15 is 0 Å². The number of carbonyl (C=O) groups is 1. The van der Waals surface area contributed by atoms with Crippen molar-refractivity contribution in [2.75, 3.05) is 6.61 Å². The summed E-state index contributed by atoms with van der Waals surface area (Å²) >= 11 is 0. The van der Waals surface area contributed by atoms with Crippen molar-refractivity contribution in [1.29, 1.82) is 0 Å². The first-order chi connectivity index (χ1) is 15.8. The lowest BCUT2D eigenvalue weighted by Gasteiger charge is -2.12. The van der Waals surface area contributed by atoms with Crippen LogP contribution in [0.4, 0.5) is 11.4 Å². The number of hydrogen-bond acceptors (Lipinski definition) is 9. The molecule has 0 bridgehead atoms. The Morgan fingerprint density at radius 1 is 1.09 bits per heavy atom. The summed E-state index contributed by atoms with van der Waals surface area (Å²) in [6.45, 7) is 3.67. The molecule has 33 heavy (non-hydrogen) atoms. The van der Waals surface area contributed by atoms with Gasteiger partial charge in [-0.05, 0) is 49.7 Å². The number of nitro benzene ring substituents is 2. The summed E-state index contributed by atoms with van der Waals surface area (Å²) in [5, 5.41) is 26.2. The fraction of sp³-hybridized carbons (Fsp3) is 0.143. The van der Waals surface area contributed by atoms with Crippen LogP contribution in [0.2, 0.25) is 0 Å². The second kappa shape index (κ2) is 10.0. The van der Waals surface area contributed by atoms with Crippen LogP contribution >= 0.6 is 0 Å². The third-order valence-corrected chi connectivity index (χ3v) is 4.32. The van der Waals surface area contributed by atoms with Crippen molar-refractivity contribution in [3.05, 3.63) is 85.8 Å². The van der Waals surface area contributed by atoms with Crippen LogP contribution in [0, 0.1) is 27.2 Å². The Balaban J connectivity index is 1.82. The Bertz CT molecular complexity index is 1230. The maximum Gasteiger partial charge on any atom is 0.318 e. The summed E-state index contributed by atoms with van der Waals surface area (Å²) in [5.74, 6) is 0.252. The highest BCUT2D eigenvalue weighted by Crippen LogP contribution is 2.38. The number of benzene rings is 2. The van der Waals surface area contributed by atoms with E-state index in [-0.39, 0.29) is 23.9 Å². The molecule has 0 spiro atoms. The lowest BCUT2D eigenvalue weighted by molar-refractivity contribution is -0.394. The number of ether oxygens (including phenoxy) is 2. The first-order valence-corrected chi connectivity index (χ1v) is 9.55. The molecule has 12 heteroatoms. The molecule has 0 atom stereocenters. The largest absolute Gasteiger partial charge is 0.490 e.